The Morgan fingerprint density at radius 1 is 1.03 bits per heavy atom. The Morgan fingerprint density at radius 3 is 2.34 bits per heavy atom. The topological polar surface area (TPSA) is 98.7 Å². The van der Waals surface area contributed by atoms with Gasteiger partial charge in [-0.3, -0.25) is 14.4 Å². The predicted molar refractivity (Wildman–Crippen MR) is 110 cm³/mol. The van der Waals surface area contributed by atoms with Crippen molar-refractivity contribution in [2.24, 2.45) is 5.92 Å². The molecule has 0 aromatic heterocycles. The minimum Gasteiger partial charge on any atom is -0.508 e. The average Bonchev–Trinajstić information content (AvgIpc) is 3.13. The molecule has 1 fully saturated rings. The Kier molecular flexibility index (Phi) is 6.49. The maximum Gasteiger partial charge on any atom is 0.251 e. The van der Waals surface area contributed by atoms with Gasteiger partial charge in [0.05, 0.1) is 5.92 Å². The second-order valence-corrected chi connectivity index (χ2v) is 7.02. The summed E-state index contributed by atoms with van der Waals surface area (Å²) in [6.07, 6.45) is 1.11. The molecule has 152 valence electrons. The molecular formula is C22H25N3O4. The van der Waals surface area contributed by atoms with Crippen molar-refractivity contribution in [3.8, 4) is 5.75 Å². The van der Waals surface area contributed by atoms with Crippen LogP contribution in [-0.4, -0.2) is 42.5 Å². The molecule has 0 spiro atoms. The van der Waals surface area contributed by atoms with Gasteiger partial charge in [-0.15, -0.1) is 0 Å². The number of phenols is 1. The van der Waals surface area contributed by atoms with Crippen LogP contribution in [0.15, 0.2) is 48.5 Å². The second kappa shape index (κ2) is 9.23. The van der Waals surface area contributed by atoms with Crippen molar-refractivity contribution in [2.75, 3.05) is 24.5 Å². The molecule has 0 aliphatic carbocycles. The van der Waals surface area contributed by atoms with Crippen molar-refractivity contribution in [1.82, 2.24) is 10.6 Å². The standard InChI is InChI=1S/C22H25N3O4/c1-2-15-3-7-18(8-4-15)25-14-17(13-20(25)27)22(29)24-12-11-23-21(28)16-5-9-19(26)10-6-16/h3-10,17,26H,2,11-14H2,1H3,(H,23,28)(H,24,29). The van der Waals surface area contributed by atoms with Crippen LogP contribution in [0, 0.1) is 5.92 Å². The molecule has 2 aromatic rings. The lowest BCUT2D eigenvalue weighted by molar-refractivity contribution is -0.126. The SMILES string of the molecule is CCc1ccc(N2CC(C(=O)NCCNC(=O)c3ccc(O)cc3)CC2=O)cc1. The van der Waals surface area contributed by atoms with Crippen molar-refractivity contribution in [3.63, 3.8) is 0 Å². The van der Waals surface area contributed by atoms with Gasteiger partial charge in [-0.2, -0.15) is 0 Å². The van der Waals surface area contributed by atoms with E-state index in [-0.39, 0.29) is 43.0 Å². The highest BCUT2D eigenvalue weighted by atomic mass is 16.3. The van der Waals surface area contributed by atoms with E-state index in [2.05, 4.69) is 17.6 Å². The highest BCUT2D eigenvalue weighted by Gasteiger charge is 2.34. The number of hydrogen-bond donors (Lipinski definition) is 3. The molecule has 1 aliphatic heterocycles. The van der Waals surface area contributed by atoms with E-state index >= 15 is 0 Å². The molecule has 7 nitrogen and oxygen atoms in total. The molecule has 1 saturated heterocycles. The van der Waals surface area contributed by atoms with Crippen molar-refractivity contribution >= 4 is 23.4 Å². The van der Waals surface area contributed by atoms with E-state index < -0.39 is 5.92 Å². The van der Waals surface area contributed by atoms with Gasteiger partial charge >= 0.3 is 0 Å². The first-order chi connectivity index (χ1) is 14.0. The monoisotopic (exact) mass is 395 g/mol. The van der Waals surface area contributed by atoms with E-state index in [1.165, 1.54) is 29.8 Å². The molecule has 29 heavy (non-hydrogen) atoms. The summed E-state index contributed by atoms with van der Waals surface area (Å²) in [4.78, 5) is 38.3. The second-order valence-electron chi connectivity index (χ2n) is 7.02. The molecule has 1 unspecified atom stereocenters. The van der Waals surface area contributed by atoms with Crippen molar-refractivity contribution in [1.29, 1.82) is 0 Å². The molecule has 2 aromatic carbocycles. The zero-order valence-electron chi connectivity index (χ0n) is 16.4. The van der Waals surface area contributed by atoms with Gasteiger partial charge in [0.2, 0.25) is 11.8 Å². The first kappa shape index (κ1) is 20.4. The third-order valence-corrected chi connectivity index (χ3v) is 4.99. The predicted octanol–water partition coefficient (Wildman–Crippen LogP) is 1.85. The third kappa shape index (κ3) is 5.13. The molecule has 1 heterocycles. The molecule has 0 bridgehead atoms. The number of hydrogen-bond acceptors (Lipinski definition) is 4. The Hall–Kier alpha value is -3.35. The van der Waals surface area contributed by atoms with Crippen LogP contribution in [0.1, 0.15) is 29.3 Å². The number of rotatable bonds is 7. The van der Waals surface area contributed by atoms with Crippen LogP contribution < -0.4 is 15.5 Å². The van der Waals surface area contributed by atoms with Crippen LogP contribution >= 0.6 is 0 Å². The van der Waals surface area contributed by atoms with E-state index in [1.807, 2.05) is 24.3 Å². The van der Waals surface area contributed by atoms with Crippen LogP contribution in [0.2, 0.25) is 0 Å². The van der Waals surface area contributed by atoms with E-state index in [9.17, 15) is 19.5 Å². The van der Waals surface area contributed by atoms with E-state index in [0.717, 1.165) is 12.1 Å². The van der Waals surface area contributed by atoms with Crippen molar-refractivity contribution in [2.45, 2.75) is 19.8 Å². The summed E-state index contributed by atoms with van der Waals surface area (Å²) in [5, 5.41) is 14.7. The minimum absolute atomic E-state index is 0.0602. The Labute approximate surface area is 169 Å². The summed E-state index contributed by atoms with van der Waals surface area (Å²) in [6.45, 7) is 2.98. The fourth-order valence-electron chi connectivity index (χ4n) is 3.27. The lowest BCUT2D eigenvalue weighted by Crippen LogP contribution is -2.38. The van der Waals surface area contributed by atoms with Crippen molar-refractivity contribution < 1.29 is 19.5 Å². The number of aryl methyl sites for hydroxylation is 1. The smallest absolute Gasteiger partial charge is 0.251 e. The first-order valence-corrected chi connectivity index (χ1v) is 9.72. The fourth-order valence-corrected chi connectivity index (χ4v) is 3.27. The van der Waals surface area contributed by atoms with E-state index in [0.29, 0.717) is 12.1 Å². The van der Waals surface area contributed by atoms with Crippen LogP contribution in [-0.2, 0) is 16.0 Å². The van der Waals surface area contributed by atoms with E-state index in [1.54, 1.807) is 4.90 Å². The summed E-state index contributed by atoms with van der Waals surface area (Å²) in [6, 6.07) is 13.7. The quantitative estimate of drug-likeness (QED) is 0.623. The van der Waals surface area contributed by atoms with E-state index in [4.69, 9.17) is 0 Å². The summed E-state index contributed by atoms with van der Waals surface area (Å²) in [5.41, 5.74) is 2.44. The largest absolute Gasteiger partial charge is 0.508 e. The zero-order chi connectivity index (χ0) is 20.8. The average molecular weight is 395 g/mol. The summed E-state index contributed by atoms with van der Waals surface area (Å²) in [7, 11) is 0. The number of amides is 3. The highest BCUT2D eigenvalue weighted by molar-refractivity contribution is 6.00. The Balaban J connectivity index is 1.44. The van der Waals surface area contributed by atoms with Crippen LogP contribution in [0.3, 0.4) is 0 Å². The van der Waals surface area contributed by atoms with Gasteiger partial charge in [0.25, 0.3) is 5.91 Å². The van der Waals surface area contributed by atoms with Gasteiger partial charge in [0.1, 0.15) is 5.75 Å². The number of carbonyl (C=O) groups excluding carboxylic acids is 3. The van der Waals surface area contributed by atoms with Gasteiger partial charge in [-0.25, -0.2) is 0 Å². The van der Waals surface area contributed by atoms with Crippen LogP contribution in [0.25, 0.3) is 0 Å². The molecule has 3 rings (SSSR count). The molecule has 7 heteroatoms. The number of anilines is 1. The normalized spacial score (nSPS) is 16.0. The molecule has 3 amide bonds. The third-order valence-electron chi connectivity index (χ3n) is 4.99. The van der Waals surface area contributed by atoms with Crippen LogP contribution in [0.4, 0.5) is 5.69 Å². The maximum atomic E-state index is 12.4. The summed E-state index contributed by atoms with van der Waals surface area (Å²) in [5.74, 6) is -0.839. The number of nitrogens with zero attached hydrogens (tertiary/aromatic N) is 1. The van der Waals surface area contributed by atoms with Gasteiger partial charge in [0.15, 0.2) is 0 Å². The lowest BCUT2D eigenvalue weighted by atomic mass is 10.1. The van der Waals surface area contributed by atoms with Gasteiger partial charge < -0.3 is 20.6 Å². The molecule has 1 atom stereocenters. The zero-order valence-corrected chi connectivity index (χ0v) is 16.4. The Morgan fingerprint density at radius 2 is 1.69 bits per heavy atom. The lowest BCUT2D eigenvalue weighted by Gasteiger charge is -2.17. The number of phenolic OH excluding ortho intramolecular Hbond substituents is 1. The molecule has 0 radical (unpaired) electrons. The van der Waals surface area contributed by atoms with Gasteiger partial charge in [-0.05, 0) is 48.4 Å². The molecule has 0 saturated carbocycles. The van der Waals surface area contributed by atoms with Crippen molar-refractivity contribution in [3.05, 3.63) is 59.7 Å². The number of aromatic hydroxyl groups is 1. The fraction of sp³-hybridized carbons (Fsp3) is 0.318. The molecule has 1 aliphatic rings. The number of nitrogens with one attached hydrogen (secondary N) is 2. The maximum absolute atomic E-state index is 12.4. The summed E-state index contributed by atoms with van der Waals surface area (Å²) < 4.78 is 0. The highest BCUT2D eigenvalue weighted by Crippen LogP contribution is 2.25. The van der Waals surface area contributed by atoms with Gasteiger partial charge in [0, 0.05) is 37.3 Å². The molecule has 3 N–H and O–H groups in total. The first-order valence-electron chi connectivity index (χ1n) is 9.72. The minimum atomic E-state index is -0.402. The van der Waals surface area contributed by atoms with Crippen LogP contribution in [0.5, 0.6) is 5.75 Å². The molecular weight excluding hydrogens is 370 g/mol. The van der Waals surface area contributed by atoms with Gasteiger partial charge in [-0.1, -0.05) is 19.1 Å². The summed E-state index contributed by atoms with van der Waals surface area (Å²) >= 11 is 0. The number of carbonyl (C=O) groups is 3. The Bertz CT molecular complexity index is 878. The number of benzene rings is 2.